The minimum Gasteiger partial charge on any atom is -0.381 e. The van der Waals surface area contributed by atoms with Crippen LogP contribution >= 0.6 is 11.6 Å². The Morgan fingerprint density at radius 3 is 2.54 bits per heavy atom. The maximum atomic E-state index is 12.9. The van der Waals surface area contributed by atoms with E-state index in [1.54, 1.807) is 36.4 Å². The maximum absolute atomic E-state index is 12.9. The van der Waals surface area contributed by atoms with E-state index in [-0.39, 0.29) is 11.8 Å². The number of fused-ring (bicyclic) bond motifs is 1. The Morgan fingerprint density at radius 2 is 1.83 bits per heavy atom. The molecule has 2 atom stereocenters. The van der Waals surface area contributed by atoms with Gasteiger partial charge in [0.25, 0.3) is 5.91 Å². The summed E-state index contributed by atoms with van der Waals surface area (Å²) in [6, 6.07) is 14.2. The monoisotopic (exact) mass is 340 g/mol. The third-order valence-electron chi connectivity index (χ3n) is 4.21. The fourth-order valence-electron chi connectivity index (χ4n) is 3.06. The van der Waals surface area contributed by atoms with Crippen molar-refractivity contribution in [3.05, 3.63) is 64.7 Å². The zero-order chi connectivity index (χ0) is 16.8. The van der Waals surface area contributed by atoms with E-state index in [9.17, 15) is 9.59 Å². The Kier molecular flexibility index (Phi) is 3.39. The van der Waals surface area contributed by atoms with Crippen LogP contribution in [0.2, 0.25) is 5.02 Å². The first kappa shape index (κ1) is 14.9. The van der Waals surface area contributed by atoms with Crippen LogP contribution in [0.5, 0.6) is 0 Å². The second-order valence-corrected chi connectivity index (χ2v) is 6.27. The summed E-state index contributed by atoms with van der Waals surface area (Å²) in [4.78, 5) is 32.0. The first-order valence-corrected chi connectivity index (χ1v) is 7.88. The van der Waals surface area contributed by atoms with Crippen molar-refractivity contribution in [2.75, 3.05) is 4.90 Å². The molecular formula is C18H13ClN2O3. The molecule has 120 valence electrons. The molecule has 2 aliphatic rings. The van der Waals surface area contributed by atoms with Crippen LogP contribution in [0.25, 0.3) is 0 Å². The molecule has 0 radical (unpaired) electrons. The number of anilines is 1. The number of carbonyl (C=O) groups excluding carboxylic acids is 2. The van der Waals surface area contributed by atoms with E-state index < -0.39 is 12.0 Å². The van der Waals surface area contributed by atoms with Crippen molar-refractivity contribution in [3.63, 3.8) is 0 Å². The second-order valence-electron chi connectivity index (χ2n) is 5.84. The smallest absolute Gasteiger partial charge is 0.278 e. The standard InChI is InChI=1S/C18H13ClN2O3/c1-10-3-2-4-13(9-10)21-17(22)14-15(20-24-16(14)18(21)23)11-5-7-12(19)8-6-11/h2-9,14,16H,1H3/t14-,16+/m0/s1. The summed E-state index contributed by atoms with van der Waals surface area (Å²) in [6.07, 6.45) is -0.899. The van der Waals surface area contributed by atoms with Crippen LogP contribution in [0, 0.1) is 12.8 Å². The molecule has 2 aliphatic heterocycles. The van der Waals surface area contributed by atoms with Gasteiger partial charge in [-0.2, -0.15) is 0 Å². The Hall–Kier alpha value is -2.66. The van der Waals surface area contributed by atoms with Gasteiger partial charge in [0.05, 0.1) is 5.69 Å². The molecule has 0 aliphatic carbocycles. The molecule has 0 unspecified atom stereocenters. The van der Waals surface area contributed by atoms with Crippen LogP contribution in [0.4, 0.5) is 5.69 Å². The van der Waals surface area contributed by atoms with Gasteiger partial charge >= 0.3 is 0 Å². The first-order valence-electron chi connectivity index (χ1n) is 7.50. The molecule has 4 rings (SSSR count). The van der Waals surface area contributed by atoms with Crippen molar-refractivity contribution in [2.45, 2.75) is 13.0 Å². The van der Waals surface area contributed by atoms with Crippen molar-refractivity contribution in [2.24, 2.45) is 11.1 Å². The fraction of sp³-hybridized carbons (Fsp3) is 0.167. The van der Waals surface area contributed by atoms with Crippen LogP contribution in [-0.2, 0) is 14.4 Å². The number of amides is 2. The number of rotatable bonds is 2. The lowest BCUT2D eigenvalue weighted by molar-refractivity contribution is -0.126. The highest BCUT2D eigenvalue weighted by molar-refractivity contribution is 6.33. The number of carbonyl (C=O) groups is 2. The van der Waals surface area contributed by atoms with Crippen molar-refractivity contribution in [3.8, 4) is 0 Å². The zero-order valence-electron chi connectivity index (χ0n) is 12.8. The number of halogens is 1. The molecule has 24 heavy (non-hydrogen) atoms. The van der Waals surface area contributed by atoms with E-state index in [0.29, 0.717) is 16.4 Å². The van der Waals surface area contributed by atoms with Gasteiger partial charge in [-0.3, -0.25) is 9.59 Å². The van der Waals surface area contributed by atoms with E-state index in [1.165, 1.54) is 4.90 Å². The lowest BCUT2D eigenvalue weighted by Gasteiger charge is -2.15. The van der Waals surface area contributed by atoms with Gasteiger partial charge < -0.3 is 4.84 Å². The molecule has 2 aromatic carbocycles. The number of hydrogen-bond donors (Lipinski definition) is 0. The molecule has 0 aromatic heterocycles. The highest BCUT2D eigenvalue weighted by atomic mass is 35.5. The van der Waals surface area contributed by atoms with Crippen LogP contribution in [0.1, 0.15) is 11.1 Å². The summed E-state index contributed by atoms with van der Waals surface area (Å²) in [5.74, 6) is -1.43. The largest absolute Gasteiger partial charge is 0.381 e. The topological polar surface area (TPSA) is 59.0 Å². The van der Waals surface area contributed by atoms with E-state index in [0.717, 1.165) is 11.1 Å². The highest BCUT2D eigenvalue weighted by Crippen LogP contribution is 2.35. The second kappa shape index (κ2) is 5.46. The fourth-order valence-corrected chi connectivity index (χ4v) is 3.18. The number of oxime groups is 1. The molecule has 1 saturated heterocycles. The highest BCUT2D eigenvalue weighted by Gasteiger charge is 2.56. The zero-order valence-corrected chi connectivity index (χ0v) is 13.5. The van der Waals surface area contributed by atoms with Crippen LogP contribution in [0.3, 0.4) is 0 Å². The average molecular weight is 341 g/mol. The predicted molar refractivity (Wildman–Crippen MR) is 90.0 cm³/mol. The molecule has 5 nitrogen and oxygen atoms in total. The molecule has 2 amide bonds. The van der Waals surface area contributed by atoms with Crippen molar-refractivity contribution < 1.29 is 14.4 Å². The predicted octanol–water partition coefficient (Wildman–Crippen LogP) is 2.94. The number of nitrogens with zero attached hydrogens (tertiary/aromatic N) is 2. The van der Waals surface area contributed by atoms with Gasteiger partial charge in [0.2, 0.25) is 12.0 Å². The van der Waals surface area contributed by atoms with Crippen molar-refractivity contribution in [1.82, 2.24) is 0 Å². The van der Waals surface area contributed by atoms with Gasteiger partial charge in [0, 0.05) is 10.6 Å². The number of aryl methyl sites for hydroxylation is 1. The molecule has 0 saturated carbocycles. The first-order chi connectivity index (χ1) is 11.6. The molecule has 6 heteroatoms. The molecule has 0 N–H and O–H groups in total. The SMILES string of the molecule is Cc1cccc(N2C(=O)[C@H]3C(c4ccc(Cl)cc4)=NO[C@H]3C2=O)c1. The summed E-state index contributed by atoms with van der Waals surface area (Å²) in [5, 5.41) is 4.56. The van der Waals surface area contributed by atoms with Gasteiger partial charge in [0.1, 0.15) is 11.6 Å². The summed E-state index contributed by atoms with van der Waals surface area (Å²) < 4.78 is 0. The lowest BCUT2D eigenvalue weighted by Crippen LogP contribution is -2.33. The number of hydrogen-bond acceptors (Lipinski definition) is 4. The number of benzene rings is 2. The molecular weight excluding hydrogens is 328 g/mol. The molecule has 0 bridgehead atoms. The van der Waals surface area contributed by atoms with Crippen molar-refractivity contribution in [1.29, 1.82) is 0 Å². The van der Waals surface area contributed by atoms with E-state index in [1.807, 2.05) is 19.1 Å². The van der Waals surface area contributed by atoms with E-state index in [4.69, 9.17) is 16.4 Å². The Labute approximate surface area is 143 Å². The molecule has 2 heterocycles. The Bertz CT molecular complexity index is 876. The number of imide groups is 1. The quantitative estimate of drug-likeness (QED) is 0.790. The minimum atomic E-state index is -0.899. The lowest BCUT2D eigenvalue weighted by atomic mass is 9.94. The normalized spacial score (nSPS) is 22.4. The van der Waals surface area contributed by atoms with Gasteiger partial charge in [-0.25, -0.2) is 4.90 Å². The summed E-state index contributed by atoms with van der Waals surface area (Å²) in [6.45, 7) is 1.91. The van der Waals surface area contributed by atoms with E-state index >= 15 is 0 Å². The molecule has 0 spiro atoms. The van der Waals surface area contributed by atoms with Crippen LogP contribution in [0.15, 0.2) is 53.7 Å². The van der Waals surface area contributed by atoms with Gasteiger partial charge in [0.15, 0.2) is 0 Å². The van der Waals surface area contributed by atoms with Crippen molar-refractivity contribution >= 4 is 34.8 Å². The van der Waals surface area contributed by atoms with Gasteiger partial charge in [-0.05, 0) is 36.8 Å². The Balaban J connectivity index is 1.71. The molecule has 2 aromatic rings. The van der Waals surface area contributed by atoms with Gasteiger partial charge in [-0.15, -0.1) is 0 Å². The summed E-state index contributed by atoms with van der Waals surface area (Å²) >= 11 is 5.90. The van der Waals surface area contributed by atoms with Crippen LogP contribution in [-0.4, -0.2) is 23.6 Å². The third kappa shape index (κ3) is 2.20. The summed E-state index contributed by atoms with van der Waals surface area (Å²) in [7, 11) is 0. The summed E-state index contributed by atoms with van der Waals surface area (Å²) in [5.41, 5.74) is 2.71. The van der Waals surface area contributed by atoms with E-state index in [2.05, 4.69) is 5.16 Å². The molecule has 1 fully saturated rings. The maximum Gasteiger partial charge on any atom is 0.278 e. The third-order valence-corrected chi connectivity index (χ3v) is 4.46. The average Bonchev–Trinajstić information content (AvgIpc) is 3.09. The minimum absolute atomic E-state index is 0.318. The van der Waals surface area contributed by atoms with Gasteiger partial charge in [-0.1, -0.05) is 41.0 Å². The Morgan fingerprint density at radius 1 is 1.08 bits per heavy atom. The van der Waals surface area contributed by atoms with Crippen LogP contribution < -0.4 is 4.90 Å².